The SMILES string of the molecule is COc1cccc(C=CC(=O)NCCc2ccc3c(c2)OCO3)c1OC. The number of hydrogen-bond donors (Lipinski definition) is 1. The predicted octanol–water partition coefficient (Wildman–Crippen LogP) is 2.80. The molecule has 6 nitrogen and oxygen atoms in total. The summed E-state index contributed by atoms with van der Waals surface area (Å²) in [7, 11) is 3.15. The summed E-state index contributed by atoms with van der Waals surface area (Å²) < 4.78 is 21.2. The first-order valence-corrected chi connectivity index (χ1v) is 8.26. The first kappa shape index (κ1) is 17.7. The number of methoxy groups -OCH3 is 2. The number of rotatable bonds is 7. The number of ether oxygens (including phenoxy) is 4. The number of fused-ring (bicyclic) bond motifs is 1. The zero-order valence-electron chi connectivity index (χ0n) is 14.8. The molecule has 0 aromatic heterocycles. The Bertz CT molecular complexity index is 816. The Morgan fingerprint density at radius 1 is 1.15 bits per heavy atom. The van der Waals surface area contributed by atoms with Gasteiger partial charge in [0.25, 0.3) is 0 Å². The van der Waals surface area contributed by atoms with Crippen LogP contribution in [-0.4, -0.2) is 33.5 Å². The molecule has 1 N–H and O–H groups in total. The fourth-order valence-corrected chi connectivity index (χ4v) is 2.69. The van der Waals surface area contributed by atoms with Gasteiger partial charge in [0.05, 0.1) is 14.2 Å². The molecule has 0 spiro atoms. The van der Waals surface area contributed by atoms with Crippen molar-refractivity contribution in [1.29, 1.82) is 0 Å². The van der Waals surface area contributed by atoms with Crippen molar-refractivity contribution in [2.45, 2.75) is 6.42 Å². The number of benzene rings is 2. The molecule has 0 fully saturated rings. The molecule has 0 bridgehead atoms. The molecule has 0 saturated carbocycles. The lowest BCUT2D eigenvalue weighted by molar-refractivity contribution is -0.116. The van der Waals surface area contributed by atoms with E-state index >= 15 is 0 Å². The number of carbonyl (C=O) groups excluding carboxylic acids is 1. The minimum absolute atomic E-state index is 0.171. The van der Waals surface area contributed by atoms with E-state index in [2.05, 4.69) is 5.32 Å². The van der Waals surface area contributed by atoms with E-state index in [4.69, 9.17) is 18.9 Å². The van der Waals surface area contributed by atoms with Crippen LogP contribution in [0.1, 0.15) is 11.1 Å². The highest BCUT2D eigenvalue weighted by atomic mass is 16.7. The van der Waals surface area contributed by atoms with Crippen LogP contribution in [0.5, 0.6) is 23.0 Å². The van der Waals surface area contributed by atoms with Crippen LogP contribution in [-0.2, 0) is 11.2 Å². The van der Waals surface area contributed by atoms with Crippen molar-refractivity contribution < 1.29 is 23.7 Å². The second-order valence-corrected chi connectivity index (χ2v) is 5.64. The van der Waals surface area contributed by atoms with Crippen LogP contribution >= 0.6 is 0 Å². The largest absolute Gasteiger partial charge is 0.493 e. The highest BCUT2D eigenvalue weighted by Crippen LogP contribution is 2.33. The zero-order chi connectivity index (χ0) is 18.4. The first-order valence-electron chi connectivity index (χ1n) is 8.26. The summed E-state index contributed by atoms with van der Waals surface area (Å²) in [5, 5.41) is 2.87. The van der Waals surface area contributed by atoms with Gasteiger partial charge < -0.3 is 24.3 Å². The Balaban J connectivity index is 1.54. The lowest BCUT2D eigenvalue weighted by Crippen LogP contribution is -2.23. The molecule has 6 heteroatoms. The normalized spacial score (nSPS) is 12.2. The van der Waals surface area contributed by atoms with Gasteiger partial charge in [-0.25, -0.2) is 0 Å². The van der Waals surface area contributed by atoms with Gasteiger partial charge >= 0.3 is 0 Å². The molecule has 0 atom stereocenters. The van der Waals surface area contributed by atoms with Gasteiger partial charge in [-0.3, -0.25) is 4.79 Å². The molecule has 0 aliphatic carbocycles. The summed E-state index contributed by atoms with van der Waals surface area (Å²) in [6.45, 7) is 0.784. The van der Waals surface area contributed by atoms with Crippen molar-refractivity contribution in [3.05, 3.63) is 53.6 Å². The van der Waals surface area contributed by atoms with Crippen LogP contribution in [0.2, 0.25) is 0 Å². The molecule has 3 rings (SSSR count). The molecule has 0 saturated heterocycles. The number of carbonyl (C=O) groups is 1. The van der Waals surface area contributed by atoms with Crippen LogP contribution in [0.15, 0.2) is 42.5 Å². The van der Waals surface area contributed by atoms with Crippen molar-refractivity contribution >= 4 is 12.0 Å². The fourth-order valence-electron chi connectivity index (χ4n) is 2.69. The molecule has 0 radical (unpaired) electrons. The minimum Gasteiger partial charge on any atom is -0.493 e. The summed E-state index contributed by atoms with van der Waals surface area (Å²) >= 11 is 0. The molecule has 1 amide bonds. The third kappa shape index (κ3) is 4.08. The second kappa shape index (κ2) is 8.29. The van der Waals surface area contributed by atoms with Gasteiger partial charge in [-0.2, -0.15) is 0 Å². The van der Waals surface area contributed by atoms with E-state index in [9.17, 15) is 4.79 Å². The highest BCUT2D eigenvalue weighted by molar-refractivity contribution is 5.92. The molecule has 1 heterocycles. The predicted molar refractivity (Wildman–Crippen MR) is 97.9 cm³/mol. The molecular formula is C20H21NO5. The van der Waals surface area contributed by atoms with Crippen LogP contribution in [0.25, 0.3) is 6.08 Å². The standard InChI is InChI=1S/C20H21NO5/c1-23-17-5-3-4-15(20(17)24-2)7-9-19(22)21-11-10-14-6-8-16-18(12-14)26-13-25-16/h3-9,12H,10-11,13H2,1-2H3,(H,21,22). The molecule has 0 unspecified atom stereocenters. The van der Waals surface area contributed by atoms with E-state index < -0.39 is 0 Å². The summed E-state index contributed by atoms with van der Waals surface area (Å²) in [6.07, 6.45) is 3.90. The van der Waals surface area contributed by atoms with Crippen LogP contribution < -0.4 is 24.3 Å². The topological polar surface area (TPSA) is 66.0 Å². The lowest BCUT2D eigenvalue weighted by Gasteiger charge is -2.09. The fraction of sp³-hybridized carbons (Fsp3) is 0.250. The highest BCUT2D eigenvalue weighted by Gasteiger charge is 2.13. The van der Waals surface area contributed by atoms with Crippen LogP contribution in [0, 0.1) is 0 Å². The van der Waals surface area contributed by atoms with Crippen molar-refractivity contribution in [3.63, 3.8) is 0 Å². The zero-order valence-corrected chi connectivity index (χ0v) is 14.8. The summed E-state index contributed by atoms with van der Waals surface area (Å²) in [5.41, 5.74) is 1.85. The van der Waals surface area contributed by atoms with Crippen molar-refractivity contribution in [3.8, 4) is 23.0 Å². The van der Waals surface area contributed by atoms with Gasteiger partial charge in [0, 0.05) is 18.2 Å². The Labute approximate surface area is 152 Å². The maximum Gasteiger partial charge on any atom is 0.244 e. The monoisotopic (exact) mass is 355 g/mol. The Morgan fingerprint density at radius 3 is 2.81 bits per heavy atom. The van der Waals surface area contributed by atoms with E-state index in [1.807, 2.05) is 36.4 Å². The lowest BCUT2D eigenvalue weighted by atomic mass is 10.1. The van der Waals surface area contributed by atoms with E-state index in [0.717, 1.165) is 22.6 Å². The molecule has 1 aliphatic rings. The second-order valence-electron chi connectivity index (χ2n) is 5.64. The molecule has 26 heavy (non-hydrogen) atoms. The third-order valence-electron chi connectivity index (χ3n) is 4.00. The molecule has 2 aromatic rings. The number of hydrogen-bond acceptors (Lipinski definition) is 5. The average Bonchev–Trinajstić information content (AvgIpc) is 3.13. The number of nitrogens with one attached hydrogen (secondary N) is 1. The summed E-state index contributed by atoms with van der Waals surface area (Å²) in [6, 6.07) is 11.3. The van der Waals surface area contributed by atoms with Crippen molar-refractivity contribution in [1.82, 2.24) is 5.32 Å². The molecule has 1 aliphatic heterocycles. The van der Waals surface area contributed by atoms with Gasteiger partial charge in [-0.15, -0.1) is 0 Å². The molecule has 136 valence electrons. The van der Waals surface area contributed by atoms with E-state index in [1.54, 1.807) is 20.3 Å². The quantitative estimate of drug-likeness (QED) is 0.774. The molecule has 2 aromatic carbocycles. The maximum atomic E-state index is 12.0. The van der Waals surface area contributed by atoms with Crippen LogP contribution in [0.3, 0.4) is 0 Å². The maximum absolute atomic E-state index is 12.0. The average molecular weight is 355 g/mol. The number of para-hydroxylation sites is 1. The van der Waals surface area contributed by atoms with E-state index in [0.29, 0.717) is 24.5 Å². The molecular weight excluding hydrogens is 334 g/mol. The van der Waals surface area contributed by atoms with Crippen molar-refractivity contribution in [2.75, 3.05) is 27.6 Å². The van der Waals surface area contributed by atoms with Gasteiger partial charge in [0.1, 0.15) is 0 Å². The smallest absolute Gasteiger partial charge is 0.244 e. The van der Waals surface area contributed by atoms with Crippen molar-refractivity contribution in [2.24, 2.45) is 0 Å². The Morgan fingerprint density at radius 2 is 2.00 bits per heavy atom. The van der Waals surface area contributed by atoms with E-state index in [1.165, 1.54) is 6.08 Å². The Kier molecular flexibility index (Phi) is 5.63. The first-order chi connectivity index (χ1) is 12.7. The van der Waals surface area contributed by atoms with Gasteiger partial charge in [0.2, 0.25) is 12.7 Å². The minimum atomic E-state index is -0.171. The summed E-state index contributed by atoms with van der Waals surface area (Å²) in [4.78, 5) is 12.0. The van der Waals surface area contributed by atoms with Gasteiger partial charge in [-0.05, 0) is 36.3 Å². The third-order valence-corrected chi connectivity index (χ3v) is 4.00. The number of amides is 1. The van der Waals surface area contributed by atoms with Gasteiger partial charge in [0.15, 0.2) is 23.0 Å². The summed E-state index contributed by atoms with van der Waals surface area (Å²) in [5.74, 6) is 2.56. The Hall–Kier alpha value is -3.15. The van der Waals surface area contributed by atoms with E-state index in [-0.39, 0.29) is 12.7 Å². The van der Waals surface area contributed by atoms with Crippen LogP contribution in [0.4, 0.5) is 0 Å². The van der Waals surface area contributed by atoms with Gasteiger partial charge in [-0.1, -0.05) is 18.2 Å².